The van der Waals surface area contributed by atoms with Gasteiger partial charge in [-0.1, -0.05) is 0 Å². The molecule has 0 spiro atoms. The molecule has 1 atom stereocenters. The molecule has 2 heterocycles. The van der Waals surface area contributed by atoms with Crippen LogP contribution in [0.1, 0.15) is 18.1 Å². The van der Waals surface area contributed by atoms with Crippen molar-refractivity contribution in [3.63, 3.8) is 0 Å². The van der Waals surface area contributed by atoms with Crippen LogP contribution >= 0.6 is 0 Å². The zero-order chi connectivity index (χ0) is 15.2. The number of halogens is 2. The van der Waals surface area contributed by atoms with Crippen LogP contribution in [-0.2, 0) is 17.7 Å². The zero-order valence-electron chi connectivity index (χ0n) is 11.8. The summed E-state index contributed by atoms with van der Waals surface area (Å²) in [5, 5.41) is 9.65. The number of carbonyl (C=O) groups is 1. The summed E-state index contributed by atoms with van der Waals surface area (Å²) in [5.41, 5.74) is 0. The van der Waals surface area contributed by atoms with Crippen molar-refractivity contribution in [3.8, 4) is 0 Å². The average molecular weight is 303 g/mol. The van der Waals surface area contributed by atoms with Crippen LogP contribution < -0.4 is 10.6 Å². The second-order valence-corrected chi connectivity index (χ2v) is 4.86. The number of aromatic nitrogens is 3. The van der Waals surface area contributed by atoms with Gasteiger partial charge < -0.3 is 15.4 Å². The molecule has 1 aliphatic heterocycles. The summed E-state index contributed by atoms with van der Waals surface area (Å²) in [6, 6.07) is -0.346. The highest BCUT2D eigenvalue weighted by molar-refractivity contribution is 5.74. The van der Waals surface area contributed by atoms with Crippen LogP contribution in [0.5, 0.6) is 0 Å². The van der Waals surface area contributed by atoms with Crippen molar-refractivity contribution < 1.29 is 18.3 Å². The van der Waals surface area contributed by atoms with Gasteiger partial charge in [0.1, 0.15) is 18.3 Å². The lowest BCUT2D eigenvalue weighted by molar-refractivity contribution is 0.0193. The lowest BCUT2D eigenvalue weighted by Gasteiger charge is -2.23. The molecule has 21 heavy (non-hydrogen) atoms. The SMILES string of the molecule is Cc1nc2n(n1)CC(NC(=O)NCCOCC(F)F)CC2. The number of nitrogens with one attached hydrogen (secondary N) is 2. The van der Waals surface area contributed by atoms with Crippen LogP contribution in [0.3, 0.4) is 0 Å². The zero-order valence-corrected chi connectivity index (χ0v) is 11.8. The van der Waals surface area contributed by atoms with Crippen molar-refractivity contribution in [1.29, 1.82) is 0 Å². The Bertz CT molecular complexity index is 480. The number of hydrogen-bond donors (Lipinski definition) is 2. The van der Waals surface area contributed by atoms with Gasteiger partial charge in [-0.3, -0.25) is 0 Å². The fourth-order valence-electron chi connectivity index (χ4n) is 2.20. The van der Waals surface area contributed by atoms with Gasteiger partial charge in [0.05, 0.1) is 19.2 Å². The van der Waals surface area contributed by atoms with Crippen molar-refractivity contribution in [3.05, 3.63) is 11.6 Å². The molecule has 1 aromatic heterocycles. The summed E-state index contributed by atoms with van der Waals surface area (Å²) < 4.78 is 30.1. The number of nitrogens with zero attached hydrogens (tertiary/aromatic N) is 3. The fraction of sp³-hybridized carbons (Fsp3) is 0.750. The molecule has 2 rings (SSSR count). The third-order valence-corrected chi connectivity index (χ3v) is 3.07. The molecule has 0 aliphatic carbocycles. The van der Waals surface area contributed by atoms with Crippen molar-refractivity contribution in [2.24, 2.45) is 0 Å². The van der Waals surface area contributed by atoms with Crippen molar-refractivity contribution in [2.75, 3.05) is 19.8 Å². The third-order valence-electron chi connectivity index (χ3n) is 3.07. The van der Waals surface area contributed by atoms with Gasteiger partial charge in [0.15, 0.2) is 0 Å². The van der Waals surface area contributed by atoms with Crippen LogP contribution in [0.15, 0.2) is 0 Å². The highest BCUT2D eigenvalue weighted by Gasteiger charge is 2.21. The molecule has 0 radical (unpaired) electrons. The van der Waals surface area contributed by atoms with Gasteiger partial charge in [-0.05, 0) is 13.3 Å². The van der Waals surface area contributed by atoms with E-state index in [0.29, 0.717) is 6.54 Å². The lowest BCUT2D eigenvalue weighted by Crippen LogP contribution is -2.46. The van der Waals surface area contributed by atoms with Gasteiger partial charge in [0.25, 0.3) is 6.43 Å². The number of ether oxygens (including phenoxy) is 1. The fourth-order valence-corrected chi connectivity index (χ4v) is 2.20. The molecule has 0 bridgehead atoms. The van der Waals surface area contributed by atoms with E-state index in [1.165, 1.54) is 0 Å². The summed E-state index contributed by atoms with van der Waals surface area (Å²) in [7, 11) is 0. The van der Waals surface area contributed by atoms with Crippen molar-refractivity contribution >= 4 is 6.03 Å². The maximum Gasteiger partial charge on any atom is 0.315 e. The minimum atomic E-state index is -2.48. The molecular formula is C12H19F2N5O2. The Morgan fingerprint density at radius 3 is 3.14 bits per heavy atom. The number of alkyl halides is 2. The number of aryl methyl sites for hydroxylation is 2. The van der Waals surface area contributed by atoms with E-state index in [1.54, 1.807) is 4.68 Å². The first-order valence-electron chi connectivity index (χ1n) is 6.85. The van der Waals surface area contributed by atoms with Gasteiger partial charge in [0, 0.05) is 13.0 Å². The standard InChI is InChI=1S/C12H19F2N5O2/c1-8-16-11-3-2-9(6-19(11)18-8)17-12(20)15-4-5-21-7-10(13)14/h9-10H,2-7H2,1H3,(H2,15,17,20). The monoisotopic (exact) mass is 303 g/mol. The van der Waals surface area contributed by atoms with Gasteiger partial charge in [-0.2, -0.15) is 5.10 Å². The Morgan fingerprint density at radius 1 is 1.57 bits per heavy atom. The van der Waals surface area contributed by atoms with E-state index in [4.69, 9.17) is 0 Å². The molecule has 0 aromatic carbocycles. The molecule has 2 amide bonds. The first-order valence-corrected chi connectivity index (χ1v) is 6.85. The Balaban J connectivity index is 1.65. The van der Waals surface area contributed by atoms with Crippen LogP contribution in [0.4, 0.5) is 13.6 Å². The van der Waals surface area contributed by atoms with Crippen molar-refractivity contribution in [1.82, 2.24) is 25.4 Å². The summed E-state index contributed by atoms with van der Waals surface area (Å²) in [5.74, 6) is 1.66. The molecule has 7 nitrogen and oxygen atoms in total. The van der Waals surface area contributed by atoms with Crippen LogP contribution in [-0.4, -0.2) is 53.0 Å². The summed E-state index contributed by atoms with van der Waals surface area (Å²) in [4.78, 5) is 15.9. The quantitative estimate of drug-likeness (QED) is 0.749. The van der Waals surface area contributed by atoms with Crippen molar-refractivity contribution in [2.45, 2.75) is 38.8 Å². The molecule has 1 aliphatic rings. The Kier molecular flexibility index (Phi) is 5.43. The molecule has 0 saturated carbocycles. The molecule has 0 fully saturated rings. The summed E-state index contributed by atoms with van der Waals surface area (Å²) in [6.45, 7) is 2.07. The lowest BCUT2D eigenvalue weighted by atomic mass is 10.1. The van der Waals surface area contributed by atoms with Gasteiger partial charge in [-0.15, -0.1) is 0 Å². The Morgan fingerprint density at radius 2 is 2.38 bits per heavy atom. The minimum absolute atomic E-state index is 0.0133. The second kappa shape index (κ2) is 7.30. The third kappa shape index (κ3) is 4.92. The molecule has 1 unspecified atom stereocenters. The van der Waals surface area contributed by atoms with Gasteiger partial charge in [-0.25, -0.2) is 23.2 Å². The number of urea groups is 1. The maximum atomic E-state index is 11.8. The Labute approximate surface area is 121 Å². The van der Waals surface area contributed by atoms with E-state index in [1.807, 2.05) is 6.92 Å². The van der Waals surface area contributed by atoms with Crippen LogP contribution in [0.2, 0.25) is 0 Å². The van der Waals surface area contributed by atoms with Gasteiger partial charge >= 0.3 is 6.03 Å². The first-order chi connectivity index (χ1) is 10.0. The second-order valence-electron chi connectivity index (χ2n) is 4.86. The number of amides is 2. The number of fused-ring (bicyclic) bond motifs is 1. The highest BCUT2D eigenvalue weighted by atomic mass is 19.3. The Hall–Kier alpha value is -1.77. The summed E-state index contributed by atoms with van der Waals surface area (Å²) in [6.07, 6.45) is -0.919. The molecule has 118 valence electrons. The van der Waals surface area contributed by atoms with E-state index >= 15 is 0 Å². The smallest absolute Gasteiger partial charge is 0.315 e. The van der Waals surface area contributed by atoms with Crippen LogP contribution in [0, 0.1) is 6.92 Å². The largest absolute Gasteiger partial charge is 0.374 e. The average Bonchev–Trinajstić information content (AvgIpc) is 2.77. The normalized spacial score (nSPS) is 17.6. The predicted octanol–water partition coefficient (Wildman–Crippen LogP) is 0.482. The predicted molar refractivity (Wildman–Crippen MR) is 70.2 cm³/mol. The number of hydrogen-bond acceptors (Lipinski definition) is 4. The van der Waals surface area contributed by atoms with E-state index < -0.39 is 13.0 Å². The van der Waals surface area contributed by atoms with E-state index in [9.17, 15) is 13.6 Å². The van der Waals surface area contributed by atoms with Crippen LogP contribution in [0.25, 0.3) is 0 Å². The van der Waals surface area contributed by atoms with E-state index in [2.05, 4.69) is 25.5 Å². The molecule has 0 saturated heterocycles. The summed E-state index contributed by atoms with van der Waals surface area (Å²) >= 11 is 0. The highest BCUT2D eigenvalue weighted by Crippen LogP contribution is 2.12. The molecule has 1 aromatic rings. The first kappa shape index (κ1) is 15.6. The van der Waals surface area contributed by atoms with E-state index in [0.717, 1.165) is 24.5 Å². The number of carbonyl (C=O) groups excluding carboxylic acids is 1. The van der Waals surface area contributed by atoms with Gasteiger partial charge in [0.2, 0.25) is 0 Å². The maximum absolute atomic E-state index is 11.8. The molecular weight excluding hydrogens is 284 g/mol. The number of rotatable bonds is 6. The topological polar surface area (TPSA) is 81.1 Å². The molecule has 2 N–H and O–H groups in total. The van der Waals surface area contributed by atoms with E-state index in [-0.39, 0.29) is 25.2 Å². The molecule has 9 heteroatoms. The minimum Gasteiger partial charge on any atom is -0.374 e.